The molecule has 0 radical (unpaired) electrons. The van der Waals surface area contributed by atoms with E-state index in [-0.39, 0.29) is 31.2 Å². The predicted octanol–water partition coefficient (Wildman–Crippen LogP) is 1.17. The molecule has 0 aromatic carbocycles. The summed E-state index contributed by atoms with van der Waals surface area (Å²) in [7, 11) is 0. The molecule has 148 valence electrons. The van der Waals surface area contributed by atoms with Crippen LogP contribution in [0.25, 0.3) is 0 Å². The van der Waals surface area contributed by atoms with E-state index in [4.69, 9.17) is 13.9 Å². The van der Waals surface area contributed by atoms with E-state index in [0.29, 0.717) is 25.7 Å². The fraction of sp³-hybridized carbons (Fsp3) is 0.750. The van der Waals surface area contributed by atoms with Crippen LogP contribution in [-0.4, -0.2) is 52.3 Å². The average Bonchev–Trinajstić information content (AvgIpc) is 3.34. The van der Waals surface area contributed by atoms with E-state index in [1.807, 2.05) is 6.92 Å². The monoisotopic (exact) mass is 378 g/mol. The number of rotatable bonds is 2. The van der Waals surface area contributed by atoms with Crippen LogP contribution in [0.1, 0.15) is 44.3 Å². The van der Waals surface area contributed by atoms with Crippen molar-refractivity contribution >= 4 is 5.97 Å². The molecule has 3 heterocycles. The number of fused-ring (bicyclic) bond motifs is 1. The quantitative estimate of drug-likeness (QED) is 0.663. The summed E-state index contributed by atoms with van der Waals surface area (Å²) < 4.78 is 16.9. The lowest BCUT2D eigenvalue weighted by molar-refractivity contribution is -0.243. The summed E-state index contributed by atoms with van der Waals surface area (Å²) in [6, 6.07) is 1.78. The maximum atomic E-state index is 13.3. The Morgan fingerprint density at radius 3 is 2.89 bits per heavy atom. The van der Waals surface area contributed by atoms with E-state index in [2.05, 4.69) is 0 Å². The van der Waals surface area contributed by atoms with Gasteiger partial charge in [-0.25, -0.2) is 0 Å². The summed E-state index contributed by atoms with van der Waals surface area (Å²) in [5, 5.41) is 32.9. The molecule has 2 aliphatic heterocycles. The first-order chi connectivity index (χ1) is 12.9. The number of furan rings is 1. The molecular weight excluding hydrogens is 352 g/mol. The molecule has 0 unspecified atom stereocenters. The molecule has 3 N–H and O–H groups in total. The van der Waals surface area contributed by atoms with Crippen molar-refractivity contribution in [3.05, 3.63) is 24.2 Å². The first kappa shape index (κ1) is 17.7. The van der Waals surface area contributed by atoms with Crippen molar-refractivity contribution in [1.82, 2.24) is 0 Å². The summed E-state index contributed by atoms with van der Waals surface area (Å²) >= 11 is 0. The molecule has 8 atom stereocenters. The number of carbonyl (C=O) groups excluding carboxylic acids is 1. The maximum absolute atomic E-state index is 13.3. The molecule has 2 aliphatic carbocycles. The SMILES string of the molecule is C[C@H]1C[C@H]2OC[C@@]3(O)CC[C@@H](O)[C@H]([C@]14C[C@H](c1ccoc1)OC4=O)[C@]23CO. The lowest BCUT2D eigenvalue weighted by Gasteiger charge is -2.62. The van der Waals surface area contributed by atoms with E-state index < -0.39 is 34.6 Å². The minimum absolute atomic E-state index is 0.105. The Morgan fingerprint density at radius 2 is 2.19 bits per heavy atom. The van der Waals surface area contributed by atoms with Crippen molar-refractivity contribution < 1.29 is 34.0 Å². The first-order valence-corrected chi connectivity index (χ1v) is 9.75. The second kappa shape index (κ2) is 5.56. The van der Waals surface area contributed by atoms with Crippen molar-refractivity contribution in [1.29, 1.82) is 0 Å². The number of hydrogen-bond acceptors (Lipinski definition) is 7. The van der Waals surface area contributed by atoms with Crippen LogP contribution < -0.4 is 0 Å². The van der Waals surface area contributed by atoms with Crippen LogP contribution in [0, 0.1) is 22.7 Å². The zero-order chi connectivity index (χ0) is 19.0. The Balaban J connectivity index is 1.65. The van der Waals surface area contributed by atoms with Crippen molar-refractivity contribution in [3.8, 4) is 0 Å². The van der Waals surface area contributed by atoms with Gasteiger partial charge in [-0.05, 0) is 31.2 Å². The normalized spacial score (nSPS) is 51.4. The van der Waals surface area contributed by atoms with E-state index >= 15 is 0 Å². The van der Waals surface area contributed by atoms with Crippen molar-refractivity contribution in [2.75, 3.05) is 13.2 Å². The van der Waals surface area contributed by atoms with Gasteiger partial charge in [-0.3, -0.25) is 4.79 Å². The standard InChI is InChI=1S/C20H26O7/c1-11-6-15-20(9-21)16(13(22)2-4-18(20,24)10-26-15)19(11)7-14(27-17(19)23)12-3-5-25-8-12/h3,5,8,11,13-16,21-22,24H,2,4,6-7,9-10H2,1H3/t11-,13+,14+,15+,16+,18-,19-,20-/m0/s1. The van der Waals surface area contributed by atoms with E-state index in [0.717, 1.165) is 5.56 Å². The van der Waals surface area contributed by atoms with Gasteiger partial charge in [0.15, 0.2) is 0 Å². The number of ether oxygens (including phenoxy) is 2. The summed E-state index contributed by atoms with van der Waals surface area (Å²) in [5.41, 5.74) is -2.47. The van der Waals surface area contributed by atoms with Crippen LogP contribution in [0.5, 0.6) is 0 Å². The van der Waals surface area contributed by atoms with Gasteiger partial charge < -0.3 is 29.2 Å². The summed E-state index contributed by atoms with van der Waals surface area (Å²) in [6.07, 6.45) is 3.15. The number of cyclic esters (lactones) is 1. The van der Waals surface area contributed by atoms with Crippen LogP contribution in [-0.2, 0) is 14.3 Å². The zero-order valence-electron chi connectivity index (χ0n) is 15.3. The summed E-state index contributed by atoms with van der Waals surface area (Å²) in [6.45, 7) is 1.79. The fourth-order valence-electron chi connectivity index (χ4n) is 6.75. The number of carbonyl (C=O) groups is 1. The van der Waals surface area contributed by atoms with Crippen LogP contribution in [0.15, 0.2) is 23.0 Å². The molecule has 1 aromatic rings. The highest BCUT2D eigenvalue weighted by molar-refractivity contribution is 5.81. The maximum Gasteiger partial charge on any atom is 0.313 e. The molecular formula is C20H26O7. The van der Waals surface area contributed by atoms with Gasteiger partial charge >= 0.3 is 5.97 Å². The Labute approximate surface area is 157 Å². The fourth-order valence-corrected chi connectivity index (χ4v) is 6.75. The molecule has 2 saturated heterocycles. The summed E-state index contributed by atoms with van der Waals surface area (Å²) in [5.74, 6) is -1.08. The molecule has 2 saturated carbocycles. The lowest BCUT2D eigenvalue weighted by atomic mass is 9.42. The van der Waals surface area contributed by atoms with E-state index in [1.165, 1.54) is 0 Å². The van der Waals surface area contributed by atoms with Crippen molar-refractivity contribution in [2.24, 2.45) is 22.7 Å². The Morgan fingerprint density at radius 1 is 1.37 bits per heavy atom. The van der Waals surface area contributed by atoms with E-state index in [9.17, 15) is 20.1 Å². The van der Waals surface area contributed by atoms with Gasteiger partial charge in [0.25, 0.3) is 0 Å². The third-order valence-corrected chi connectivity index (χ3v) is 8.09. The van der Waals surface area contributed by atoms with Gasteiger partial charge in [0, 0.05) is 17.9 Å². The Kier molecular flexibility index (Phi) is 3.64. The van der Waals surface area contributed by atoms with E-state index in [1.54, 1.807) is 18.6 Å². The van der Waals surface area contributed by atoms with Gasteiger partial charge in [-0.2, -0.15) is 0 Å². The summed E-state index contributed by atoms with van der Waals surface area (Å²) in [4.78, 5) is 13.3. The topological polar surface area (TPSA) is 109 Å². The minimum atomic E-state index is -1.24. The first-order valence-electron chi connectivity index (χ1n) is 9.75. The molecule has 4 fully saturated rings. The second-order valence-corrected chi connectivity index (χ2v) is 8.95. The molecule has 5 rings (SSSR count). The second-order valence-electron chi connectivity index (χ2n) is 8.95. The molecule has 1 spiro atoms. The molecule has 4 aliphatic rings. The number of esters is 1. The van der Waals surface area contributed by atoms with Gasteiger partial charge in [0.05, 0.1) is 54.4 Å². The van der Waals surface area contributed by atoms with Gasteiger partial charge in [-0.1, -0.05) is 6.92 Å². The number of hydrogen-bond donors (Lipinski definition) is 3. The van der Waals surface area contributed by atoms with Crippen LogP contribution in [0.4, 0.5) is 0 Å². The molecule has 1 aromatic heterocycles. The highest BCUT2D eigenvalue weighted by atomic mass is 16.6. The Bertz CT molecular complexity index is 748. The molecule has 0 bridgehead atoms. The molecule has 27 heavy (non-hydrogen) atoms. The number of aliphatic hydroxyl groups is 3. The van der Waals surface area contributed by atoms with Gasteiger partial charge in [0.1, 0.15) is 6.10 Å². The zero-order valence-corrected chi connectivity index (χ0v) is 15.3. The van der Waals surface area contributed by atoms with Gasteiger partial charge in [0.2, 0.25) is 0 Å². The molecule has 7 nitrogen and oxygen atoms in total. The van der Waals surface area contributed by atoms with Gasteiger partial charge in [-0.15, -0.1) is 0 Å². The lowest BCUT2D eigenvalue weighted by Crippen LogP contribution is -2.71. The highest BCUT2D eigenvalue weighted by Gasteiger charge is 2.77. The smallest absolute Gasteiger partial charge is 0.313 e. The number of aliphatic hydroxyl groups excluding tert-OH is 2. The van der Waals surface area contributed by atoms with Crippen molar-refractivity contribution in [3.63, 3.8) is 0 Å². The van der Waals surface area contributed by atoms with Crippen molar-refractivity contribution in [2.45, 2.75) is 56.5 Å². The van der Waals surface area contributed by atoms with Crippen LogP contribution >= 0.6 is 0 Å². The van der Waals surface area contributed by atoms with Crippen LogP contribution in [0.3, 0.4) is 0 Å². The molecule has 0 amide bonds. The third kappa shape index (κ3) is 1.93. The third-order valence-electron chi connectivity index (χ3n) is 8.09. The average molecular weight is 378 g/mol. The largest absolute Gasteiger partial charge is 0.472 e. The molecule has 7 heteroatoms. The minimum Gasteiger partial charge on any atom is -0.472 e. The Hall–Kier alpha value is -1.41. The van der Waals surface area contributed by atoms with Crippen LogP contribution in [0.2, 0.25) is 0 Å². The highest BCUT2D eigenvalue weighted by Crippen LogP contribution is 2.69. The predicted molar refractivity (Wildman–Crippen MR) is 91.3 cm³/mol.